The van der Waals surface area contributed by atoms with Crippen LogP contribution in [0.5, 0.6) is 0 Å². The Labute approximate surface area is 82.8 Å². The standard InChI is InChI=1S/C8H5FINO/c9-7-1-6(4-12)5(3-11)2-8(7)10/h1-2,12H,4H2. The third-order valence-corrected chi connectivity index (χ3v) is 2.26. The molecule has 0 bridgehead atoms. The molecule has 0 unspecified atom stereocenters. The van der Waals surface area contributed by atoms with Gasteiger partial charge in [-0.25, -0.2) is 4.39 Å². The fourth-order valence-electron chi connectivity index (χ4n) is 0.823. The third kappa shape index (κ3) is 1.73. The average Bonchev–Trinajstić information content (AvgIpc) is 2.09. The molecule has 0 heterocycles. The number of hydrogen-bond acceptors (Lipinski definition) is 2. The highest BCUT2D eigenvalue weighted by Crippen LogP contribution is 2.17. The molecule has 12 heavy (non-hydrogen) atoms. The molecule has 1 aromatic rings. The lowest BCUT2D eigenvalue weighted by molar-refractivity contribution is 0.281. The molecule has 0 saturated carbocycles. The zero-order valence-corrected chi connectivity index (χ0v) is 8.17. The van der Waals surface area contributed by atoms with E-state index in [4.69, 9.17) is 10.4 Å². The summed E-state index contributed by atoms with van der Waals surface area (Å²) in [6, 6.07) is 4.48. The van der Waals surface area contributed by atoms with Crippen LogP contribution >= 0.6 is 22.6 Å². The zero-order chi connectivity index (χ0) is 9.14. The van der Waals surface area contributed by atoms with Crippen LogP contribution in [0.15, 0.2) is 12.1 Å². The molecule has 0 aromatic heterocycles. The molecule has 0 aliphatic heterocycles. The predicted molar refractivity (Wildman–Crippen MR) is 49.8 cm³/mol. The first-order chi connectivity index (χ1) is 5.69. The van der Waals surface area contributed by atoms with Gasteiger partial charge in [-0.2, -0.15) is 5.26 Å². The normalized spacial score (nSPS) is 9.50. The van der Waals surface area contributed by atoms with Gasteiger partial charge < -0.3 is 5.11 Å². The van der Waals surface area contributed by atoms with E-state index < -0.39 is 5.82 Å². The molecule has 0 radical (unpaired) electrons. The molecule has 0 fully saturated rings. The van der Waals surface area contributed by atoms with Crippen molar-refractivity contribution in [1.82, 2.24) is 0 Å². The molecular formula is C8H5FINO. The number of rotatable bonds is 1. The van der Waals surface area contributed by atoms with E-state index in [1.54, 1.807) is 22.6 Å². The minimum absolute atomic E-state index is 0.309. The first kappa shape index (κ1) is 9.42. The summed E-state index contributed by atoms with van der Waals surface area (Å²) in [5.74, 6) is -0.404. The summed E-state index contributed by atoms with van der Waals surface area (Å²) >= 11 is 1.80. The highest BCUT2D eigenvalue weighted by molar-refractivity contribution is 14.1. The lowest BCUT2D eigenvalue weighted by Crippen LogP contribution is -1.93. The molecule has 1 N–H and O–H groups in total. The Morgan fingerprint density at radius 2 is 2.25 bits per heavy atom. The third-order valence-electron chi connectivity index (χ3n) is 1.44. The van der Waals surface area contributed by atoms with Gasteiger partial charge in [-0.05, 0) is 40.3 Å². The maximum absolute atomic E-state index is 12.9. The van der Waals surface area contributed by atoms with Crippen LogP contribution in [0, 0.1) is 20.7 Å². The van der Waals surface area contributed by atoms with Gasteiger partial charge in [-0.1, -0.05) is 0 Å². The van der Waals surface area contributed by atoms with Crippen LogP contribution in [0.2, 0.25) is 0 Å². The summed E-state index contributed by atoms with van der Waals surface area (Å²) in [7, 11) is 0. The van der Waals surface area contributed by atoms with Gasteiger partial charge in [-0.15, -0.1) is 0 Å². The topological polar surface area (TPSA) is 44.0 Å². The minimum atomic E-state index is -0.404. The molecule has 4 heteroatoms. The van der Waals surface area contributed by atoms with Gasteiger partial charge in [0.05, 0.1) is 21.8 Å². The van der Waals surface area contributed by atoms with Gasteiger partial charge >= 0.3 is 0 Å². The first-order valence-electron chi connectivity index (χ1n) is 3.18. The molecular weight excluding hydrogens is 272 g/mol. The lowest BCUT2D eigenvalue weighted by Gasteiger charge is -2.01. The Balaban J connectivity index is 3.31. The van der Waals surface area contributed by atoms with Crippen molar-refractivity contribution in [1.29, 1.82) is 5.26 Å². The van der Waals surface area contributed by atoms with Crippen molar-refractivity contribution in [2.24, 2.45) is 0 Å². The summed E-state index contributed by atoms with van der Waals surface area (Å²) < 4.78 is 13.2. The van der Waals surface area contributed by atoms with Crippen LogP contribution in [0.1, 0.15) is 11.1 Å². The summed E-state index contributed by atoms with van der Waals surface area (Å²) in [6.07, 6.45) is 0. The van der Waals surface area contributed by atoms with Crippen molar-refractivity contribution in [3.63, 3.8) is 0 Å². The van der Waals surface area contributed by atoms with Gasteiger partial charge in [0.2, 0.25) is 0 Å². The Bertz CT molecular complexity index is 346. The molecule has 1 aromatic carbocycles. The van der Waals surface area contributed by atoms with Gasteiger partial charge in [0.25, 0.3) is 0 Å². The minimum Gasteiger partial charge on any atom is -0.392 e. The molecule has 62 valence electrons. The maximum atomic E-state index is 12.9. The van der Waals surface area contributed by atoms with Crippen LogP contribution in [0.25, 0.3) is 0 Å². The summed E-state index contributed by atoms with van der Waals surface area (Å²) in [4.78, 5) is 0. The number of nitriles is 1. The molecule has 0 saturated heterocycles. The quantitative estimate of drug-likeness (QED) is 0.795. The Kier molecular flexibility index (Phi) is 3.00. The fraction of sp³-hybridized carbons (Fsp3) is 0.125. The Morgan fingerprint density at radius 3 is 2.75 bits per heavy atom. The van der Waals surface area contributed by atoms with Crippen molar-refractivity contribution in [3.8, 4) is 6.07 Å². The summed E-state index contributed by atoms with van der Waals surface area (Å²) in [6.45, 7) is -0.309. The number of aliphatic hydroxyl groups is 1. The van der Waals surface area contributed by atoms with Crippen molar-refractivity contribution in [2.75, 3.05) is 0 Å². The van der Waals surface area contributed by atoms with Gasteiger partial charge in [-0.3, -0.25) is 0 Å². The molecule has 0 spiro atoms. The van der Waals surface area contributed by atoms with Crippen LogP contribution < -0.4 is 0 Å². The summed E-state index contributed by atoms with van der Waals surface area (Å²) in [5, 5.41) is 17.3. The van der Waals surface area contributed by atoms with E-state index in [9.17, 15) is 4.39 Å². The Hall–Kier alpha value is -0.670. The average molecular weight is 277 g/mol. The largest absolute Gasteiger partial charge is 0.392 e. The number of halogens is 2. The fourth-order valence-corrected chi connectivity index (χ4v) is 1.29. The molecule has 0 atom stereocenters. The van der Waals surface area contributed by atoms with E-state index in [0.717, 1.165) is 0 Å². The van der Waals surface area contributed by atoms with Crippen molar-refractivity contribution < 1.29 is 9.50 Å². The van der Waals surface area contributed by atoms with Gasteiger partial charge in [0.1, 0.15) is 5.82 Å². The van der Waals surface area contributed by atoms with Crippen molar-refractivity contribution in [3.05, 3.63) is 32.6 Å². The lowest BCUT2D eigenvalue weighted by atomic mass is 10.1. The number of aliphatic hydroxyl groups excluding tert-OH is 1. The smallest absolute Gasteiger partial charge is 0.136 e. The number of nitrogens with zero attached hydrogens (tertiary/aromatic N) is 1. The molecule has 1 rings (SSSR count). The molecule has 2 nitrogen and oxygen atoms in total. The predicted octanol–water partition coefficient (Wildman–Crippen LogP) is 1.79. The zero-order valence-electron chi connectivity index (χ0n) is 6.01. The van der Waals surface area contributed by atoms with Crippen LogP contribution in [-0.4, -0.2) is 5.11 Å². The van der Waals surface area contributed by atoms with E-state index in [1.807, 2.05) is 6.07 Å². The number of hydrogen-bond donors (Lipinski definition) is 1. The van der Waals surface area contributed by atoms with E-state index in [0.29, 0.717) is 14.7 Å². The highest BCUT2D eigenvalue weighted by Gasteiger charge is 2.06. The van der Waals surface area contributed by atoms with E-state index in [2.05, 4.69) is 0 Å². The van der Waals surface area contributed by atoms with Crippen LogP contribution in [-0.2, 0) is 6.61 Å². The SMILES string of the molecule is N#Cc1cc(I)c(F)cc1CO. The molecule has 0 amide bonds. The van der Waals surface area contributed by atoms with Crippen LogP contribution in [0.4, 0.5) is 4.39 Å². The summed E-state index contributed by atoms with van der Waals surface area (Å²) in [5.41, 5.74) is 0.652. The monoisotopic (exact) mass is 277 g/mol. The highest BCUT2D eigenvalue weighted by atomic mass is 127. The second kappa shape index (κ2) is 3.83. The van der Waals surface area contributed by atoms with Crippen LogP contribution in [0.3, 0.4) is 0 Å². The van der Waals surface area contributed by atoms with Crippen molar-refractivity contribution in [2.45, 2.75) is 6.61 Å². The van der Waals surface area contributed by atoms with Gasteiger partial charge in [0, 0.05) is 0 Å². The second-order valence-electron chi connectivity index (χ2n) is 2.19. The number of benzene rings is 1. The Morgan fingerprint density at radius 1 is 1.58 bits per heavy atom. The maximum Gasteiger partial charge on any atom is 0.136 e. The van der Waals surface area contributed by atoms with E-state index in [-0.39, 0.29) is 6.61 Å². The molecule has 0 aliphatic rings. The van der Waals surface area contributed by atoms with E-state index in [1.165, 1.54) is 12.1 Å². The molecule has 0 aliphatic carbocycles. The van der Waals surface area contributed by atoms with Gasteiger partial charge in [0.15, 0.2) is 0 Å². The first-order valence-corrected chi connectivity index (χ1v) is 4.25. The second-order valence-corrected chi connectivity index (χ2v) is 3.36. The van der Waals surface area contributed by atoms with Crippen molar-refractivity contribution >= 4 is 22.6 Å². The van der Waals surface area contributed by atoms with E-state index >= 15 is 0 Å².